The second-order valence-electron chi connectivity index (χ2n) is 5.67. The van der Waals surface area contributed by atoms with Crippen molar-refractivity contribution in [3.05, 3.63) is 12.7 Å². The fraction of sp³-hybridized carbons (Fsp3) is 0.846. The van der Waals surface area contributed by atoms with E-state index in [1.165, 1.54) is 0 Å². The van der Waals surface area contributed by atoms with Gasteiger partial charge in [-0.05, 0) is 12.3 Å². The minimum absolute atomic E-state index is 0.126. The number of aliphatic hydroxyl groups is 2. The Bertz CT molecular complexity index is 346. The zero-order chi connectivity index (χ0) is 12.9. The summed E-state index contributed by atoms with van der Waals surface area (Å²) in [4.78, 5) is 0. The van der Waals surface area contributed by atoms with Crippen LogP contribution in [0.5, 0.6) is 0 Å². The lowest BCUT2D eigenvalue weighted by molar-refractivity contribution is -0.366. The molecule has 0 aromatic carbocycles. The molecule has 0 saturated carbocycles. The quantitative estimate of drug-likeness (QED) is 0.706. The molecule has 3 aliphatic heterocycles. The predicted molar refractivity (Wildman–Crippen MR) is 62.6 cm³/mol. The van der Waals surface area contributed by atoms with Crippen molar-refractivity contribution in [3.8, 4) is 0 Å². The van der Waals surface area contributed by atoms with Crippen molar-refractivity contribution in [3.63, 3.8) is 0 Å². The molecule has 0 aromatic heterocycles. The minimum atomic E-state index is -1.18. The van der Waals surface area contributed by atoms with Crippen LogP contribution in [0.3, 0.4) is 0 Å². The van der Waals surface area contributed by atoms with Crippen LogP contribution in [-0.4, -0.2) is 46.7 Å². The first-order valence-corrected chi connectivity index (χ1v) is 6.53. The van der Waals surface area contributed by atoms with Crippen molar-refractivity contribution in [2.75, 3.05) is 0 Å². The third-order valence-corrected chi connectivity index (χ3v) is 4.08. The fourth-order valence-corrected chi connectivity index (χ4v) is 3.42. The molecule has 0 amide bonds. The molecule has 2 bridgehead atoms. The molecular formula is C13H20O5. The van der Waals surface area contributed by atoms with Crippen molar-refractivity contribution in [1.82, 2.24) is 0 Å². The molecule has 2 N–H and O–H groups in total. The summed E-state index contributed by atoms with van der Waals surface area (Å²) in [6, 6.07) is 0. The van der Waals surface area contributed by atoms with E-state index in [2.05, 4.69) is 13.5 Å². The number of aliphatic hydroxyl groups excluding tert-OH is 2. The highest BCUT2D eigenvalue weighted by Crippen LogP contribution is 2.46. The maximum absolute atomic E-state index is 9.92. The molecule has 0 spiro atoms. The number of hydrogen-bond donors (Lipinski definition) is 2. The van der Waals surface area contributed by atoms with Crippen LogP contribution in [0.2, 0.25) is 0 Å². The predicted octanol–water partition coefficient (Wildman–Crippen LogP) is 0.551. The molecule has 0 aromatic rings. The van der Waals surface area contributed by atoms with Gasteiger partial charge >= 0.3 is 0 Å². The Kier molecular flexibility index (Phi) is 2.99. The first-order valence-electron chi connectivity index (χ1n) is 6.53. The summed E-state index contributed by atoms with van der Waals surface area (Å²) < 4.78 is 17.3. The lowest BCUT2D eigenvalue weighted by atomic mass is 9.84. The number of fused-ring (bicyclic) bond motifs is 4. The van der Waals surface area contributed by atoms with Gasteiger partial charge in [0.05, 0.1) is 6.10 Å². The van der Waals surface area contributed by atoms with Crippen molar-refractivity contribution in [2.45, 2.75) is 62.7 Å². The van der Waals surface area contributed by atoms with E-state index in [1.54, 1.807) is 6.08 Å². The van der Waals surface area contributed by atoms with E-state index in [1.807, 2.05) is 0 Å². The average molecular weight is 256 g/mol. The van der Waals surface area contributed by atoms with Crippen molar-refractivity contribution >= 4 is 0 Å². The summed E-state index contributed by atoms with van der Waals surface area (Å²) in [6.07, 6.45) is 0.803. The van der Waals surface area contributed by atoms with Gasteiger partial charge in [-0.1, -0.05) is 13.0 Å². The van der Waals surface area contributed by atoms with Crippen LogP contribution in [0.25, 0.3) is 0 Å². The van der Waals surface area contributed by atoms with Gasteiger partial charge in [-0.2, -0.15) is 0 Å². The van der Waals surface area contributed by atoms with Gasteiger partial charge in [0.15, 0.2) is 12.1 Å². The molecule has 18 heavy (non-hydrogen) atoms. The first kappa shape index (κ1) is 12.6. The SMILES string of the molecule is C=CC[C@@]12C[C@@H](C)C[C@H](O1)[C@H]1OC(O)[C@H](O)[C@H]1O2. The molecule has 5 heteroatoms. The molecule has 3 heterocycles. The van der Waals surface area contributed by atoms with Gasteiger partial charge in [0.2, 0.25) is 0 Å². The van der Waals surface area contributed by atoms with E-state index in [-0.39, 0.29) is 12.2 Å². The lowest BCUT2D eigenvalue weighted by Gasteiger charge is -2.51. The Morgan fingerprint density at radius 1 is 1.33 bits per heavy atom. The highest BCUT2D eigenvalue weighted by Gasteiger charge is 2.58. The second-order valence-corrected chi connectivity index (χ2v) is 5.67. The van der Waals surface area contributed by atoms with Crippen LogP contribution in [-0.2, 0) is 14.2 Å². The fourth-order valence-electron chi connectivity index (χ4n) is 3.42. The Morgan fingerprint density at radius 2 is 2.11 bits per heavy atom. The summed E-state index contributed by atoms with van der Waals surface area (Å²) >= 11 is 0. The summed E-state index contributed by atoms with van der Waals surface area (Å²) in [6.45, 7) is 5.89. The molecule has 3 fully saturated rings. The molecular weight excluding hydrogens is 236 g/mol. The Balaban J connectivity index is 1.88. The van der Waals surface area contributed by atoms with E-state index in [9.17, 15) is 10.2 Å². The van der Waals surface area contributed by atoms with E-state index >= 15 is 0 Å². The highest BCUT2D eigenvalue weighted by molar-refractivity contribution is 5.02. The molecule has 3 aliphatic rings. The molecule has 0 aliphatic carbocycles. The third kappa shape index (κ3) is 1.82. The van der Waals surface area contributed by atoms with Crippen LogP contribution in [0.4, 0.5) is 0 Å². The smallest absolute Gasteiger partial charge is 0.184 e. The highest BCUT2D eigenvalue weighted by atomic mass is 16.8. The van der Waals surface area contributed by atoms with E-state index in [0.29, 0.717) is 12.3 Å². The van der Waals surface area contributed by atoms with Crippen molar-refractivity contribution in [2.24, 2.45) is 5.92 Å². The van der Waals surface area contributed by atoms with Gasteiger partial charge in [0, 0.05) is 12.8 Å². The maximum atomic E-state index is 9.92. The second kappa shape index (κ2) is 4.28. The van der Waals surface area contributed by atoms with E-state index < -0.39 is 24.3 Å². The number of rotatable bonds is 2. The van der Waals surface area contributed by atoms with E-state index in [4.69, 9.17) is 14.2 Å². The van der Waals surface area contributed by atoms with Gasteiger partial charge in [-0.25, -0.2) is 0 Å². The maximum Gasteiger partial charge on any atom is 0.184 e. The number of hydrogen-bond acceptors (Lipinski definition) is 5. The normalized spacial score (nSPS) is 55.1. The largest absolute Gasteiger partial charge is 0.385 e. The summed E-state index contributed by atoms with van der Waals surface area (Å²) in [7, 11) is 0. The molecule has 3 saturated heterocycles. The first-order chi connectivity index (χ1) is 8.54. The molecule has 102 valence electrons. The third-order valence-electron chi connectivity index (χ3n) is 4.08. The van der Waals surface area contributed by atoms with Gasteiger partial charge < -0.3 is 24.4 Å². The van der Waals surface area contributed by atoms with E-state index in [0.717, 1.165) is 12.8 Å². The van der Waals surface area contributed by atoms with Gasteiger partial charge in [-0.3, -0.25) is 0 Å². The summed E-state index contributed by atoms with van der Waals surface area (Å²) in [5.41, 5.74) is 0. The topological polar surface area (TPSA) is 68.2 Å². The van der Waals surface area contributed by atoms with Gasteiger partial charge in [0.25, 0.3) is 0 Å². The van der Waals surface area contributed by atoms with Crippen molar-refractivity contribution < 1.29 is 24.4 Å². The van der Waals surface area contributed by atoms with Crippen molar-refractivity contribution in [1.29, 1.82) is 0 Å². The van der Waals surface area contributed by atoms with Crippen LogP contribution in [0.15, 0.2) is 12.7 Å². The Morgan fingerprint density at radius 3 is 2.83 bits per heavy atom. The average Bonchev–Trinajstić information content (AvgIpc) is 2.56. The monoisotopic (exact) mass is 256 g/mol. The zero-order valence-corrected chi connectivity index (χ0v) is 10.5. The summed E-state index contributed by atoms with van der Waals surface area (Å²) in [5.74, 6) is -0.247. The van der Waals surface area contributed by atoms with Crippen LogP contribution in [0.1, 0.15) is 26.2 Å². The van der Waals surface area contributed by atoms with Crippen LogP contribution >= 0.6 is 0 Å². The minimum Gasteiger partial charge on any atom is -0.385 e. The zero-order valence-electron chi connectivity index (χ0n) is 10.5. The summed E-state index contributed by atoms with van der Waals surface area (Å²) in [5, 5.41) is 19.5. The van der Waals surface area contributed by atoms with Crippen LogP contribution < -0.4 is 0 Å². The molecule has 7 atom stereocenters. The molecule has 0 radical (unpaired) electrons. The van der Waals surface area contributed by atoms with Gasteiger partial charge in [0.1, 0.15) is 18.3 Å². The van der Waals surface area contributed by atoms with Crippen LogP contribution in [0, 0.1) is 5.92 Å². The Hall–Kier alpha value is -0.460. The lowest BCUT2D eigenvalue weighted by Crippen LogP contribution is -2.60. The molecule has 5 nitrogen and oxygen atoms in total. The standard InChI is InChI=1S/C13H20O5/c1-3-4-13-6-7(2)5-8(17-13)10-11(18-13)9(14)12(15)16-10/h3,7-12,14-15H,1,4-6H2,2H3/t7-,8-,9+,10+,11+,12?,13+/m0/s1. The molecule has 1 unspecified atom stereocenters. The molecule has 3 rings (SSSR count). The number of ether oxygens (including phenoxy) is 3. The Labute approximate surface area is 106 Å². The van der Waals surface area contributed by atoms with Gasteiger partial charge in [-0.15, -0.1) is 6.58 Å².